The quantitative estimate of drug-likeness (QED) is 0.375. The van der Waals surface area contributed by atoms with Crippen LogP contribution >= 0.6 is 0 Å². The number of urea groups is 1. The molecule has 0 radical (unpaired) electrons. The number of benzene rings is 2. The Bertz CT molecular complexity index is 1120. The van der Waals surface area contributed by atoms with Crippen molar-refractivity contribution in [3.8, 4) is 23.6 Å². The predicted octanol–water partition coefficient (Wildman–Crippen LogP) is 4.51. The highest BCUT2D eigenvalue weighted by Crippen LogP contribution is 2.32. The first-order valence-electron chi connectivity index (χ1n) is 8.31. The molecule has 3 rings (SSSR count). The summed E-state index contributed by atoms with van der Waals surface area (Å²) in [6, 6.07) is 9.13. The molecule has 1 aromatic heterocycles. The molecule has 0 saturated heterocycles. The van der Waals surface area contributed by atoms with Gasteiger partial charge in [-0.2, -0.15) is 13.2 Å². The van der Waals surface area contributed by atoms with E-state index >= 15 is 0 Å². The number of carbonyl (C=O) groups excluding carboxylic acids is 1. The summed E-state index contributed by atoms with van der Waals surface area (Å²) in [4.78, 5) is 21.1. The SMILES string of the molecule is C#CN(C(=O)Nc1cc(C(F)(F)F)ccc1F)c1cccc(-c2cnc(N)nc2)c1. The number of terminal acetylenes is 1. The highest BCUT2D eigenvalue weighted by atomic mass is 19.4. The van der Waals surface area contributed by atoms with Gasteiger partial charge in [0.1, 0.15) is 5.82 Å². The summed E-state index contributed by atoms with van der Waals surface area (Å²) in [5.41, 5.74) is 5.10. The zero-order valence-electron chi connectivity index (χ0n) is 15.1. The van der Waals surface area contributed by atoms with E-state index in [0.29, 0.717) is 29.3 Å². The van der Waals surface area contributed by atoms with Crippen LogP contribution < -0.4 is 16.0 Å². The first kappa shape index (κ1) is 20.6. The standard InChI is InChI=1S/C20H13F4N5O/c1-2-29(15-5-3-4-12(8-15)13-10-26-18(25)27-11-13)19(30)28-17-9-14(20(22,23)24)6-7-16(17)21/h1,3-11H,(H,28,30)(H2,25,26,27). The summed E-state index contributed by atoms with van der Waals surface area (Å²) in [7, 11) is 0. The largest absolute Gasteiger partial charge is 0.416 e. The van der Waals surface area contributed by atoms with Crippen LogP contribution in [-0.2, 0) is 6.18 Å². The van der Waals surface area contributed by atoms with Gasteiger partial charge in [-0.3, -0.25) is 0 Å². The predicted molar refractivity (Wildman–Crippen MR) is 104 cm³/mol. The number of alkyl halides is 3. The van der Waals surface area contributed by atoms with Gasteiger partial charge in [-0.25, -0.2) is 24.1 Å². The van der Waals surface area contributed by atoms with Crippen molar-refractivity contribution in [2.24, 2.45) is 0 Å². The number of amides is 2. The van der Waals surface area contributed by atoms with E-state index in [1.54, 1.807) is 12.1 Å². The Hall–Kier alpha value is -4.13. The van der Waals surface area contributed by atoms with Gasteiger partial charge in [0.05, 0.1) is 16.9 Å². The van der Waals surface area contributed by atoms with Gasteiger partial charge >= 0.3 is 12.2 Å². The first-order valence-corrected chi connectivity index (χ1v) is 8.31. The van der Waals surface area contributed by atoms with Crippen molar-refractivity contribution in [2.45, 2.75) is 6.18 Å². The average molecular weight is 415 g/mol. The monoisotopic (exact) mass is 415 g/mol. The fourth-order valence-corrected chi connectivity index (χ4v) is 2.53. The van der Waals surface area contributed by atoms with Gasteiger partial charge in [0.15, 0.2) is 0 Å². The smallest absolute Gasteiger partial charge is 0.368 e. The third-order valence-corrected chi connectivity index (χ3v) is 3.98. The van der Waals surface area contributed by atoms with Crippen LogP contribution in [0.3, 0.4) is 0 Å². The highest BCUT2D eigenvalue weighted by molar-refractivity contribution is 6.04. The van der Waals surface area contributed by atoms with Gasteiger partial charge in [-0.05, 0) is 35.9 Å². The van der Waals surface area contributed by atoms with E-state index in [-0.39, 0.29) is 11.6 Å². The summed E-state index contributed by atoms with van der Waals surface area (Å²) in [6.45, 7) is 0. The molecule has 0 aliphatic carbocycles. The molecule has 0 bridgehead atoms. The summed E-state index contributed by atoms with van der Waals surface area (Å²) >= 11 is 0. The minimum Gasteiger partial charge on any atom is -0.368 e. The van der Waals surface area contributed by atoms with Crippen LogP contribution in [0, 0.1) is 18.3 Å². The molecule has 1 heterocycles. The minimum atomic E-state index is -4.70. The fourth-order valence-electron chi connectivity index (χ4n) is 2.53. The van der Waals surface area contributed by atoms with Crippen LogP contribution in [0.25, 0.3) is 11.1 Å². The average Bonchev–Trinajstić information content (AvgIpc) is 2.70. The van der Waals surface area contributed by atoms with E-state index < -0.39 is 29.3 Å². The van der Waals surface area contributed by atoms with Gasteiger partial charge in [0.25, 0.3) is 0 Å². The molecule has 3 aromatic rings. The summed E-state index contributed by atoms with van der Waals surface area (Å²) in [5.74, 6) is -0.955. The Balaban J connectivity index is 1.88. The van der Waals surface area contributed by atoms with E-state index in [2.05, 4.69) is 21.3 Å². The molecule has 0 atom stereocenters. The Morgan fingerprint density at radius 2 is 1.80 bits per heavy atom. The van der Waals surface area contributed by atoms with Crippen molar-refractivity contribution in [1.82, 2.24) is 9.97 Å². The van der Waals surface area contributed by atoms with Crippen molar-refractivity contribution in [1.29, 1.82) is 0 Å². The lowest BCUT2D eigenvalue weighted by atomic mass is 10.1. The molecule has 3 N–H and O–H groups in total. The topological polar surface area (TPSA) is 84.1 Å². The Morgan fingerprint density at radius 1 is 1.10 bits per heavy atom. The Kier molecular flexibility index (Phi) is 5.55. The zero-order chi connectivity index (χ0) is 21.9. The van der Waals surface area contributed by atoms with Crippen LogP contribution in [0.2, 0.25) is 0 Å². The first-order chi connectivity index (χ1) is 14.2. The maximum atomic E-state index is 13.9. The van der Waals surface area contributed by atoms with Crippen LogP contribution in [0.1, 0.15) is 5.56 Å². The molecule has 0 spiro atoms. The lowest BCUT2D eigenvalue weighted by Crippen LogP contribution is -2.31. The number of rotatable bonds is 3. The van der Waals surface area contributed by atoms with Crippen LogP contribution in [0.4, 0.5) is 39.7 Å². The van der Waals surface area contributed by atoms with E-state index in [4.69, 9.17) is 12.2 Å². The van der Waals surface area contributed by atoms with Crippen molar-refractivity contribution in [2.75, 3.05) is 16.0 Å². The lowest BCUT2D eigenvalue weighted by molar-refractivity contribution is -0.137. The van der Waals surface area contributed by atoms with E-state index in [0.717, 1.165) is 4.90 Å². The molecule has 2 aromatic carbocycles. The number of nitrogen functional groups attached to an aromatic ring is 1. The van der Waals surface area contributed by atoms with E-state index in [9.17, 15) is 22.4 Å². The summed E-state index contributed by atoms with van der Waals surface area (Å²) in [6.07, 6.45) is 3.65. The van der Waals surface area contributed by atoms with E-state index in [1.807, 2.05) is 0 Å². The molecular formula is C20H13F4N5O. The number of carbonyl (C=O) groups is 1. The fraction of sp³-hybridized carbons (Fsp3) is 0.0500. The number of nitrogens with one attached hydrogen (secondary N) is 1. The van der Waals surface area contributed by atoms with Gasteiger partial charge in [0, 0.05) is 24.0 Å². The zero-order valence-corrected chi connectivity index (χ0v) is 15.1. The number of aromatic nitrogens is 2. The maximum Gasteiger partial charge on any atom is 0.416 e. The van der Waals surface area contributed by atoms with Gasteiger partial charge in [0.2, 0.25) is 5.95 Å². The molecule has 0 aliphatic heterocycles. The normalized spacial score (nSPS) is 10.9. The van der Waals surface area contributed by atoms with Crippen molar-refractivity contribution in [3.05, 3.63) is 66.2 Å². The summed E-state index contributed by atoms with van der Waals surface area (Å²) < 4.78 is 52.5. The molecule has 0 fully saturated rings. The van der Waals surface area contributed by atoms with Crippen molar-refractivity contribution >= 4 is 23.4 Å². The third kappa shape index (κ3) is 4.47. The third-order valence-electron chi connectivity index (χ3n) is 3.98. The molecule has 2 amide bonds. The molecule has 0 unspecified atom stereocenters. The minimum absolute atomic E-state index is 0.0858. The number of hydrogen-bond donors (Lipinski definition) is 2. The lowest BCUT2D eigenvalue weighted by Gasteiger charge is -2.18. The van der Waals surface area contributed by atoms with Crippen LogP contribution in [0.5, 0.6) is 0 Å². The molecule has 6 nitrogen and oxygen atoms in total. The number of nitrogens with two attached hydrogens (primary N) is 1. The second-order valence-corrected chi connectivity index (χ2v) is 5.97. The molecule has 30 heavy (non-hydrogen) atoms. The molecule has 0 saturated carbocycles. The van der Waals surface area contributed by atoms with Crippen LogP contribution in [-0.4, -0.2) is 16.0 Å². The molecule has 10 heteroatoms. The highest BCUT2D eigenvalue weighted by Gasteiger charge is 2.31. The Labute approximate surface area is 168 Å². The second-order valence-electron chi connectivity index (χ2n) is 5.97. The molecule has 0 aliphatic rings. The Morgan fingerprint density at radius 3 is 2.43 bits per heavy atom. The molecule has 152 valence electrons. The van der Waals surface area contributed by atoms with E-state index in [1.165, 1.54) is 24.5 Å². The number of nitrogens with zero attached hydrogens (tertiary/aromatic N) is 3. The number of halogens is 4. The van der Waals surface area contributed by atoms with Crippen LogP contribution in [0.15, 0.2) is 54.9 Å². The van der Waals surface area contributed by atoms with Gasteiger partial charge in [-0.1, -0.05) is 18.6 Å². The summed E-state index contributed by atoms with van der Waals surface area (Å²) in [5, 5.41) is 2.07. The maximum absolute atomic E-state index is 13.9. The number of hydrogen-bond acceptors (Lipinski definition) is 4. The van der Waals surface area contributed by atoms with Crippen molar-refractivity contribution < 1.29 is 22.4 Å². The second kappa shape index (κ2) is 8.08. The molecular weight excluding hydrogens is 402 g/mol. The number of anilines is 3. The van der Waals surface area contributed by atoms with Gasteiger partial charge in [-0.15, -0.1) is 0 Å². The van der Waals surface area contributed by atoms with Crippen molar-refractivity contribution in [3.63, 3.8) is 0 Å². The van der Waals surface area contributed by atoms with Gasteiger partial charge < -0.3 is 11.1 Å².